The molecule has 0 bridgehead atoms. The number of carboxylic acid groups (broad SMARTS) is 1. The van der Waals surface area contributed by atoms with Crippen LogP contribution in [0, 0.1) is 5.41 Å². The minimum Gasteiger partial charge on any atom is -0.483 e. The van der Waals surface area contributed by atoms with Gasteiger partial charge in [-0.1, -0.05) is 45.9 Å². The van der Waals surface area contributed by atoms with E-state index in [2.05, 4.69) is 61.8 Å². The van der Waals surface area contributed by atoms with Crippen molar-refractivity contribution in [1.82, 2.24) is 4.90 Å². The van der Waals surface area contributed by atoms with Crippen molar-refractivity contribution in [3.63, 3.8) is 0 Å². The summed E-state index contributed by atoms with van der Waals surface area (Å²) in [6, 6.07) is 8.82. The second-order valence-corrected chi connectivity index (χ2v) is 8.66. The van der Waals surface area contributed by atoms with E-state index in [9.17, 15) is 4.79 Å². The molecule has 3 rings (SSSR count). The standard InChI is InChI=1S/C23H36N2O2.CH2O2/c1-5-23(6-2)17-22(26)27-21(23)11-12-24-13-15-25(16-14-24)20-10-8-7-9-19(20)18(3)4;2-1-3/h7-10,18,21H,5-6,11-17H2,1-4H3;1H,(H,2,3). The lowest BCUT2D eigenvalue weighted by Gasteiger charge is -2.38. The molecule has 0 spiro atoms. The molecule has 6 nitrogen and oxygen atoms in total. The average molecular weight is 419 g/mol. The van der Waals surface area contributed by atoms with Crippen molar-refractivity contribution in [3.8, 4) is 0 Å². The highest BCUT2D eigenvalue weighted by Gasteiger charge is 2.46. The van der Waals surface area contributed by atoms with Crippen LogP contribution >= 0.6 is 0 Å². The molecule has 6 heteroatoms. The molecule has 0 radical (unpaired) electrons. The van der Waals surface area contributed by atoms with Crippen LogP contribution in [0.25, 0.3) is 0 Å². The second-order valence-electron chi connectivity index (χ2n) is 8.66. The third kappa shape index (κ3) is 5.75. The van der Waals surface area contributed by atoms with Crippen molar-refractivity contribution >= 4 is 18.1 Å². The number of carbonyl (C=O) groups excluding carboxylic acids is 1. The molecule has 1 N–H and O–H groups in total. The molecular formula is C24H38N2O4. The molecule has 1 aromatic carbocycles. The fraction of sp³-hybridized carbons (Fsp3) is 0.667. The normalized spacial score (nSPS) is 21.2. The molecule has 0 amide bonds. The van der Waals surface area contributed by atoms with Crippen LogP contribution in [0.5, 0.6) is 0 Å². The van der Waals surface area contributed by atoms with Crippen LogP contribution in [0.15, 0.2) is 24.3 Å². The van der Waals surface area contributed by atoms with Crippen LogP contribution in [0.4, 0.5) is 5.69 Å². The van der Waals surface area contributed by atoms with Gasteiger partial charge in [0.2, 0.25) is 0 Å². The number of rotatable bonds is 7. The number of esters is 1. The average Bonchev–Trinajstić information content (AvgIpc) is 3.09. The number of ether oxygens (including phenoxy) is 1. The summed E-state index contributed by atoms with van der Waals surface area (Å²) >= 11 is 0. The van der Waals surface area contributed by atoms with Crippen LogP contribution < -0.4 is 4.90 Å². The molecule has 2 aliphatic rings. The van der Waals surface area contributed by atoms with Gasteiger partial charge < -0.3 is 14.7 Å². The monoisotopic (exact) mass is 418 g/mol. The van der Waals surface area contributed by atoms with E-state index < -0.39 is 0 Å². The zero-order valence-electron chi connectivity index (χ0n) is 19.0. The van der Waals surface area contributed by atoms with Crippen molar-refractivity contribution in [2.24, 2.45) is 5.41 Å². The molecule has 2 aliphatic heterocycles. The van der Waals surface area contributed by atoms with E-state index in [-0.39, 0.29) is 24.0 Å². The first kappa shape index (κ1) is 24.2. The number of hydrogen-bond donors (Lipinski definition) is 1. The Bertz CT molecular complexity index is 680. The van der Waals surface area contributed by atoms with Gasteiger partial charge in [0.05, 0.1) is 6.42 Å². The van der Waals surface area contributed by atoms with Crippen molar-refractivity contribution in [3.05, 3.63) is 29.8 Å². The van der Waals surface area contributed by atoms with Crippen molar-refractivity contribution in [2.75, 3.05) is 37.6 Å². The fourth-order valence-corrected chi connectivity index (χ4v) is 4.82. The maximum Gasteiger partial charge on any atom is 0.306 e. The summed E-state index contributed by atoms with van der Waals surface area (Å²) in [5.41, 5.74) is 2.90. The van der Waals surface area contributed by atoms with Crippen LogP contribution in [0.1, 0.15) is 64.9 Å². The van der Waals surface area contributed by atoms with Crippen molar-refractivity contribution in [1.29, 1.82) is 0 Å². The number of carbonyl (C=O) groups is 2. The smallest absolute Gasteiger partial charge is 0.306 e. The van der Waals surface area contributed by atoms with Gasteiger partial charge >= 0.3 is 5.97 Å². The number of benzene rings is 1. The Morgan fingerprint density at radius 2 is 1.77 bits per heavy atom. The number of para-hydroxylation sites is 1. The van der Waals surface area contributed by atoms with E-state index in [4.69, 9.17) is 14.6 Å². The minimum absolute atomic E-state index is 0.00110. The molecule has 0 saturated carbocycles. The van der Waals surface area contributed by atoms with Gasteiger partial charge in [0, 0.05) is 43.8 Å². The summed E-state index contributed by atoms with van der Waals surface area (Å²) in [7, 11) is 0. The van der Waals surface area contributed by atoms with Gasteiger partial charge in [-0.2, -0.15) is 0 Å². The summed E-state index contributed by atoms with van der Waals surface area (Å²) < 4.78 is 5.71. The molecule has 2 saturated heterocycles. The quantitative estimate of drug-likeness (QED) is 0.530. The lowest BCUT2D eigenvalue weighted by Crippen LogP contribution is -2.47. The van der Waals surface area contributed by atoms with E-state index in [1.807, 2.05) is 0 Å². The van der Waals surface area contributed by atoms with Crippen LogP contribution in [-0.2, 0) is 14.3 Å². The zero-order valence-corrected chi connectivity index (χ0v) is 19.0. The van der Waals surface area contributed by atoms with Crippen molar-refractivity contribution in [2.45, 2.75) is 65.4 Å². The summed E-state index contributed by atoms with van der Waals surface area (Å²) in [6.45, 7) is 14.0. The first-order valence-electron chi connectivity index (χ1n) is 11.2. The predicted molar refractivity (Wildman–Crippen MR) is 120 cm³/mol. The Kier molecular flexibility index (Phi) is 9.15. The van der Waals surface area contributed by atoms with Crippen LogP contribution in [0.2, 0.25) is 0 Å². The minimum atomic E-state index is -0.250. The lowest BCUT2D eigenvalue weighted by molar-refractivity contribution is -0.142. The molecule has 1 unspecified atom stereocenters. The van der Waals surface area contributed by atoms with Gasteiger partial charge in [-0.3, -0.25) is 14.5 Å². The number of hydrogen-bond acceptors (Lipinski definition) is 5. The molecule has 2 heterocycles. The molecule has 168 valence electrons. The molecule has 2 fully saturated rings. The Labute approximate surface area is 181 Å². The van der Waals surface area contributed by atoms with Gasteiger partial charge in [0.15, 0.2) is 0 Å². The highest BCUT2D eigenvalue weighted by atomic mass is 16.6. The first-order chi connectivity index (χ1) is 14.4. The van der Waals surface area contributed by atoms with E-state index >= 15 is 0 Å². The summed E-state index contributed by atoms with van der Waals surface area (Å²) in [6.07, 6.45) is 3.72. The van der Waals surface area contributed by atoms with Crippen LogP contribution in [-0.4, -0.2) is 61.3 Å². The Morgan fingerprint density at radius 3 is 2.33 bits per heavy atom. The van der Waals surface area contributed by atoms with Crippen molar-refractivity contribution < 1.29 is 19.4 Å². The Balaban J connectivity index is 0.00000101. The largest absolute Gasteiger partial charge is 0.483 e. The first-order valence-corrected chi connectivity index (χ1v) is 11.2. The number of cyclic esters (lactones) is 1. The van der Waals surface area contributed by atoms with Gasteiger partial charge in [-0.25, -0.2) is 0 Å². The summed E-state index contributed by atoms with van der Waals surface area (Å²) in [5, 5.41) is 6.89. The second kappa shape index (κ2) is 11.3. The van der Waals surface area contributed by atoms with Crippen LogP contribution in [0.3, 0.4) is 0 Å². The van der Waals surface area contributed by atoms with Gasteiger partial charge in [0.1, 0.15) is 6.10 Å². The molecule has 0 aromatic heterocycles. The van der Waals surface area contributed by atoms with E-state index in [1.165, 1.54) is 11.3 Å². The SMILES string of the molecule is CCC1(CC)CC(=O)OC1CCN1CCN(c2ccccc2C(C)C)CC1.O=CO. The maximum atomic E-state index is 11.9. The number of piperazine rings is 1. The van der Waals surface area contributed by atoms with Gasteiger partial charge in [-0.15, -0.1) is 0 Å². The number of nitrogens with zero attached hydrogens (tertiary/aromatic N) is 2. The molecule has 0 aliphatic carbocycles. The summed E-state index contributed by atoms with van der Waals surface area (Å²) in [4.78, 5) is 25.3. The van der Waals surface area contributed by atoms with Gasteiger partial charge in [-0.05, 0) is 36.8 Å². The third-order valence-corrected chi connectivity index (χ3v) is 6.84. The van der Waals surface area contributed by atoms with E-state index in [0.717, 1.165) is 52.0 Å². The third-order valence-electron chi connectivity index (χ3n) is 6.84. The highest BCUT2D eigenvalue weighted by Crippen LogP contribution is 2.43. The van der Waals surface area contributed by atoms with E-state index in [0.29, 0.717) is 12.3 Å². The highest BCUT2D eigenvalue weighted by molar-refractivity contribution is 5.73. The predicted octanol–water partition coefficient (Wildman–Crippen LogP) is 4.14. The molecule has 30 heavy (non-hydrogen) atoms. The number of anilines is 1. The fourth-order valence-electron chi connectivity index (χ4n) is 4.82. The lowest BCUT2D eigenvalue weighted by atomic mass is 9.75. The molecule has 1 aromatic rings. The molecular weight excluding hydrogens is 380 g/mol. The molecule has 1 atom stereocenters. The van der Waals surface area contributed by atoms with Gasteiger partial charge in [0.25, 0.3) is 6.47 Å². The topological polar surface area (TPSA) is 70.1 Å². The Hall–Kier alpha value is -2.08. The van der Waals surface area contributed by atoms with E-state index in [1.54, 1.807) is 0 Å². The summed E-state index contributed by atoms with van der Waals surface area (Å²) in [5.74, 6) is 0.548. The Morgan fingerprint density at radius 1 is 1.17 bits per heavy atom. The maximum absolute atomic E-state index is 11.9. The zero-order chi connectivity index (χ0) is 22.1.